The SMILES string of the molecule is CNc1ccc(-c2ccc3c(c2)N(CC(F)(F)F)Cc2c-3[nH][nH]c2=O)cc1. The van der Waals surface area contributed by atoms with Gasteiger partial charge in [-0.05, 0) is 29.3 Å². The maximum Gasteiger partial charge on any atom is 0.405 e. The Morgan fingerprint density at radius 2 is 1.78 bits per heavy atom. The minimum Gasteiger partial charge on any atom is -0.388 e. The van der Waals surface area contributed by atoms with Crippen molar-refractivity contribution in [1.29, 1.82) is 0 Å². The molecule has 0 saturated carbocycles. The number of anilines is 2. The first kappa shape index (κ1) is 17.3. The van der Waals surface area contributed by atoms with E-state index in [1.165, 1.54) is 4.90 Å². The van der Waals surface area contributed by atoms with Crippen LogP contribution >= 0.6 is 0 Å². The van der Waals surface area contributed by atoms with Gasteiger partial charge in [0.1, 0.15) is 6.54 Å². The Balaban J connectivity index is 1.82. The van der Waals surface area contributed by atoms with Gasteiger partial charge in [-0.3, -0.25) is 15.0 Å². The highest BCUT2D eigenvalue weighted by atomic mass is 19.4. The summed E-state index contributed by atoms with van der Waals surface area (Å²) in [7, 11) is 1.82. The Morgan fingerprint density at radius 1 is 1.07 bits per heavy atom. The summed E-state index contributed by atoms with van der Waals surface area (Å²) in [6.07, 6.45) is -4.37. The first-order valence-corrected chi connectivity index (χ1v) is 8.39. The van der Waals surface area contributed by atoms with Crippen LogP contribution in [0.1, 0.15) is 5.56 Å². The second-order valence-electron chi connectivity index (χ2n) is 6.46. The number of halogens is 3. The molecule has 1 aliphatic heterocycles. The van der Waals surface area contributed by atoms with Crippen LogP contribution in [-0.2, 0) is 6.54 Å². The van der Waals surface area contributed by atoms with Crippen molar-refractivity contribution >= 4 is 11.4 Å². The van der Waals surface area contributed by atoms with Crippen LogP contribution in [0.5, 0.6) is 0 Å². The van der Waals surface area contributed by atoms with E-state index in [4.69, 9.17) is 0 Å². The molecule has 2 heterocycles. The van der Waals surface area contributed by atoms with Crippen LogP contribution in [0.15, 0.2) is 47.3 Å². The van der Waals surface area contributed by atoms with Gasteiger partial charge in [0.2, 0.25) is 0 Å². The number of aromatic amines is 2. The zero-order chi connectivity index (χ0) is 19.2. The molecule has 0 radical (unpaired) electrons. The van der Waals surface area contributed by atoms with Crippen molar-refractivity contribution < 1.29 is 13.2 Å². The number of rotatable bonds is 3. The number of nitrogens with one attached hydrogen (secondary N) is 3. The average molecular weight is 374 g/mol. The molecule has 0 spiro atoms. The largest absolute Gasteiger partial charge is 0.405 e. The Kier molecular flexibility index (Phi) is 3.98. The monoisotopic (exact) mass is 374 g/mol. The van der Waals surface area contributed by atoms with E-state index < -0.39 is 18.3 Å². The summed E-state index contributed by atoms with van der Waals surface area (Å²) in [4.78, 5) is 13.1. The summed E-state index contributed by atoms with van der Waals surface area (Å²) >= 11 is 0. The van der Waals surface area contributed by atoms with E-state index >= 15 is 0 Å². The number of hydrogen-bond acceptors (Lipinski definition) is 3. The standard InChI is InChI=1S/C19H17F3N4O/c1-23-13-5-2-11(3-6-13)12-4-7-14-16(8-12)26(10-19(20,21)22)9-15-17(14)24-25-18(15)27/h2-8,23H,9-10H2,1H3,(H2,24,25,27). The van der Waals surface area contributed by atoms with Gasteiger partial charge in [-0.1, -0.05) is 24.3 Å². The van der Waals surface area contributed by atoms with Gasteiger partial charge in [-0.2, -0.15) is 13.2 Å². The summed E-state index contributed by atoms with van der Waals surface area (Å²) in [6.45, 7) is -1.21. The minimum absolute atomic E-state index is 0.0944. The molecule has 8 heteroatoms. The predicted octanol–water partition coefficient (Wildman–Crippen LogP) is 3.96. The molecule has 0 atom stereocenters. The number of alkyl halides is 3. The van der Waals surface area contributed by atoms with Crippen LogP contribution in [0, 0.1) is 0 Å². The Bertz CT molecular complexity index is 1030. The number of H-pyrrole nitrogens is 2. The smallest absolute Gasteiger partial charge is 0.388 e. The van der Waals surface area contributed by atoms with Crippen molar-refractivity contribution in [3.8, 4) is 22.4 Å². The summed E-state index contributed by atoms with van der Waals surface area (Å²) in [6, 6.07) is 13.0. The van der Waals surface area contributed by atoms with Gasteiger partial charge < -0.3 is 10.2 Å². The fourth-order valence-electron chi connectivity index (χ4n) is 3.41. The molecule has 0 saturated heterocycles. The van der Waals surface area contributed by atoms with E-state index in [0.717, 1.165) is 16.8 Å². The molecule has 5 nitrogen and oxygen atoms in total. The maximum atomic E-state index is 13.1. The molecule has 27 heavy (non-hydrogen) atoms. The lowest BCUT2D eigenvalue weighted by molar-refractivity contribution is -0.120. The molecule has 1 aliphatic rings. The molecule has 0 unspecified atom stereocenters. The zero-order valence-corrected chi connectivity index (χ0v) is 14.4. The van der Waals surface area contributed by atoms with E-state index in [9.17, 15) is 18.0 Å². The molecule has 0 aliphatic carbocycles. The molecule has 140 valence electrons. The van der Waals surface area contributed by atoms with Crippen LogP contribution in [0.2, 0.25) is 0 Å². The molecular formula is C19H17F3N4O. The third-order valence-corrected chi connectivity index (χ3v) is 4.71. The quantitative estimate of drug-likeness (QED) is 0.650. The van der Waals surface area contributed by atoms with Crippen molar-refractivity contribution in [2.45, 2.75) is 12.7 Å². The van der Waals surface area contributed by atoms with Crippen molar-refractivity contribution in [3.63, 3.8) is 0 Å². The normalized spacial score (nSPS) is 13.3. The zero-order valence-electron chi connectivity index (χ0n) is 14.4. The topological polar surface area (TPSA) is 63.9 Å². The lowest BCUT2D eigenvalue weighted by Crippen LogP contribution is -2.37. The highest BCUT2D eigenvalue weighted by molar-refractivity contribution is 5.85. The molecular weight excluding hydrogens is 357 g/mol. The van der Waals surface area contributed by atoms with Crippen molar-refractivity contribution in [1.82, 2.24) is 10.2 Å². The molecule has 0 bridgehead atoms. The maximum absolute atomic E-state index is 13.1. The highest BCUT2D eigenvalue weighted by Crippen LogP contribution is 2.40. The van der Waals surface area contributed by atoms with Gasteiger partial charge in [0.05, 0.1) is 17.8 Å². The van der Waals surface area contributed by atoms with E-state index in [0.29, 0.717) is 22.5 Å². The average Bonchev–Trinajstić information content (AvgIpc) is 3.01. The van der Waals surface area contributed by atoms with E-state index in [2.05, 4.69) is 15.5 Å². The van der Waals surface area contributed by atoms with Crippen LogP contribution in [0.25, 0.3) is 22.4 Å². The Morgan fingerprint density at radius 3 is 2.44 bits per heavy atom. The predicted molar refractivity (Wildman–Crippen MR) is 98.9 cm³/mol. The number of aromatic nitrogens is 2. The first-order valence-electron chi connectivity index (χ1n) is 8.39. The number of benzene rings is 2. The molecule has 3 N–H and O–H groups in total. The van der Waals surface area contributed by atoms with Crippen molar-refractivity contribution in [2.75, 3.05) is 23.8 Å². The number of hydrogen-bond donors (Lipinski definition) is 3. The summed E-state index contributed by atoms with van der Waals surface area (Å²) in [5.41, 5.74) is 4.16. The van der Waals surface area contributed by atoms with Crippen LogP contribution in [0.3, 0.4) is 0 Å². The second kappa shape index (κ2) is 6.22. The lowest BCUT2D eigenvalue weighted by Gasteiger charge is -2.31. The molecule has 1 aromatic heterocycles. The van der Waals surface area contributed by atoms with Gasteiger partial charge in [0.25, 0.3) is 5.56 Å². The molecule has 0 amide bonds. The van der Waals surface area contributed by atoms with Crippen molar-refractivity contribution in [2.24, 2.45) is 0 Å². The van der Waals surface area contributed by atoms with E-state index in [1.807, 2.05) is 37.4 Å². The number of fused-ring (bicyclic) bond motifs is 3. The van der Waals surface area contributed by atoms with Gasteiger partial charge in [0.15, 0.2) is 0 Å². The lowest BCUT2D eigenvalue weighted by atomic mass is 9.95. The third kappa shape index (κ3) is 3.18. The molecule has 2 aromatic carbocycles. The minimum atomic E-state index is -4.37. The van der Waals surface area contributed by atoms with Crippen LogP contribution < -0.4 is 15.8 Å². The van der Waals surface area contributed by atoms with E-state index in [-0.39, 0.29) is 6.54 Å². The summed E-state index contributed by atoms with van der Waals surface area (Å²) in [5.74, 6) is 0. The molecule has 3 aromatic rings. The fraction of sp³-hybridized carbons (Fsp3) is 0.211. The van der Waals surface area contributed by atoms with Crippen molar-refractivity contribution in [3.05, 3.63) is 58.4 Å². The summed E-state index contributed by atoms with van der Waals surface area (Å²) < 4.78 is 39.3. The number of nitrogens with zero attached hydrogens (tertiary/aromatic N) is 1. The van der Waals surface area contributed by atoms with Gasteiger partial charge in [-0.25, -0.2) is 0 Å². The fourth-order valence-corrected chi connectivity index (χ4v) is 3.41. The van der Waals surface area contributed by atoms with Crippen LogP contribution in [0.4, 0.5) is 24.5 Å². The highest BCUT2D eigenvalue weighted by Gasteiger charge is 2.35. The van der Waals surface area contributed by atoms with Gasteiger partial charge >= 0.3 is 6.18 Å². The second-order valence-corrected chi connectivity index (χ2v) is 6.46. The van der Waals surface area contributed by atoms with Gasteiger partial charge in [0, 0.05) is 24.0 Å². The first-order chi connectivity index (χ1) is 12.9. The Hall–Kier alpha value is -3.16. The van der Waals surface area contributed by atoms with Gasteiger partial charge in [-0.15, -0.1) is 0 Å². The summed E-state index contributed by atoms with van der Waals surface area (Å²) in [5, 5.41) is 8.28. The Labute approximate surface area is 152 Å². The van der Waals surface area contributed by atoms with Crippen LogP contribution in [-0.4, -0.2) is 30.0 Å². The van der Waals surface area contributed by atoms with E-state index in [1.54, 1.807) is 12.1 Å². The molecule has 0 fully saturated rings. The molecule has 4 rings (SSSR count). The third-order valence-electron chi connectivity index (χ3n) is 4.71.